The van der Waals surface area contributed by atoms with Crippen molar-refractivity contribution in [2.45, 2.75) is 46.3 Å². The van der Waals surface area contributed by atoms with Crippen LogP contribution in [-0.4, -0.2) is 49.6 Å². The summed E-state index contributed by atoms with van der Waals surface area (Å²) in [7, 11) is 3.37. The van der Waals surface area contributed by atoms with Gasteiger partial charge in [-0.3, -0.25) is 9.59 Å². The first-order chi connectivity index (χ1) is 8.23. The molecule has 2 amide bonds. The van der Waals surface area contributed by atoms with Crippen molar-refractivity contribution >= 4 is 11.8 Å². The highest BCUT2D eigenvalue weighted by molar-refractivity contribution is 5.87. The Hall–Kier alpha value is -1.10. The number of hydrogen-bond donors (Lipinski definition) is 1. The lowest BCUT2D eigenvalue weighted by Gasteiger charge is -2.23. The average molecular weight is 258 g/mol. The molecule has 18 heavy (non-hydrogen) atoms. The number of carbonyl (C=O) groups is 2. The molecular formula is C13H26N2O3. The third-order valence-electron chi connectivity index (χ3n) is 2.33. The highest BCUT2D eigenvalue weighted by Gasteiger charge is 2.23. The summed E-state index contributed by atoms with van der Waals surface area (Å²) in [5.41, 5.74) is 0. The van der Waals surface area contributed by atoms with Crippen LogP contribution in [0.15, 0.2) is 0 Å². The van der Waals surface area contributed by atoms with E-state index in [2.05, 4.69) is 5.32 Å². The van der Waals surface area contributed by atoms with E-state index in [1.807, 2.05) is 27.7 Å². The molecule has 0 fully saturated rings. The van der Waals surface area contributed by atoms with Crippen LogP contribution in [0.25, 0.3) is 0 Å². The van der Waals surface area contributed by atoms with Gasteiger partial charge in [0.05, 0.1) is 6.10 Å². The molecular weight excluding hydrogens is 232 g/mol. The monoisotopic (exact) mass is 258 g/mol. The Balaban J connectivity index is 4.40. The number of ether oxygens (including phenoxy) is 1. The average Bonchev–Trinajstić information content (AvgIpc) is 2.23. The van der Waals surface area contributed by atoms with Gasteiger partial charge in [-0.1, -0.05) is 13.8 Å². The smallest absolute Gasteiger partial charge is 0.246 e. The van der Waals surface area contributed by atoms with E-state index in [0.29, 0.717) is 12.3 Å². The van der Waals surface area contributed by atoms with Gasteiger partial charge in [-0.25, -0.2) is 0 Å². The number of likely N-dealkylation sites (N-methyl/N-ethyl adjacent to an activating group) is 1. The van der Waals surface area contributed by atoms with Gasteiger partial charge in [-0.2, -0.15) is 0 Å². The number of nitrogens with zero attached hydrogens (tertiary/aromatic N) is 1. The van der Waals surface area contributed by atoms with Crippen LogP contribution in [-0.2, 0) is 14.3 Å². The van der Waals surface area contributed by atoms with E-state index in [4.69, 9.17) is 4.74 Å². The van der Waals surface area contributed by atoms with Crippen LogP contribution in [0.4, 0.5) is 0 Å². The third-order valence-corrected chi connectivity index (χ3v) is 2.33. The Bertz CT molecular complexity index is 275. The van der Waals surface area contributed by atoms with Gasteiger partial charge in [0.2, 0.25) is 11.8 Å². The lowest BCUT2D eigenvalue weighted by atomic mass is 10.0. The Labute approximate surface area is 110 Å². The zero-order chi connectivity index (χ0) is 14.3. The molecule has 0 spiro atoms. The van der Waals surface area contributed by atoms with Crippen molar-refractivity contribution in [2.75, 3.05) is 20.7 Å². The quantitative estimate of drug-likeness (QED) is 0.742. The van der Waals surface area contributed by atoms with E-state index in [1.165, 1.54) is 4.90 Å². The number of hydrogen-bond acceptors (Lipinski definition) is 3. The molecule has 1 atom stereocenters. The molecule has 0 bridgehead atoms. The van der Waals surface area contributed by atoms with Gasteiger partial charge in [-0.05, 0) is 26.2 Å². The second-order valence-corrected chi connectivity index (χ2v) is 5.34. The van der Waals surface area contributed by atoms with Gasteiger partial charge >= 0.3 is 0 Å². The zero-order valence-electron chi connectivity index (χ0n) is 12.3. The highest BCUT2D eigenvalue weighted by Crippen LogP contribution is 2.06. The van der Waals surface area contributed by atoms with Gasteiger partial charge in [0.1, 0.15) is 12.6 Å². The largest absolute Gasteiger partial charge is 0.369 e. The Morgan fingerprint density at radius 1 is 1.17 bits per heavy atom. The molecule has 1 N–H and O–H groups in total. The van der Waals surface area contributed by atoms with Crippen molar-refractivity contribution in [1.29, 1.82) is 0 Å². The molecule has 0 aromatic carbocycles. The first kappa shape index (κ1) is 16.9. The summed E-state index contributed by atoms with van der Waals surface area (Å²) in [4.78, 5) is 25.1. The lowest BCUT2D eigenvalue weighted by Crippen LogP contribution is -2.48. The molecule has 0 saturated carbocycles. The summed E-state index contributed by atoms with van der Waals surface area (Å²) < 4.78 is 5.21. The van der Waals surface area contributed by atoms with Crippen LogP contribution >= 0.6 is 0 Å². The molecule has 0 saturated heterocycles. The van der Waals surface area contributed by atoms with Crippen molar-refractivity contribution in [3.63, 3.8) is 0 Å². The van der Waals surface area contributed by atoms with Gasteiger partial charge in [0.15, 0.2) is 0 Å². The molecule has 0 aromatic heterocycles. The van der Waals surface area contributed by atoms with Gasteiger partial charge in [0, 0.05) is 14.1 Å². The van der Waals surface area contributed by atoms with Crippen LogP contribution in [0.2, 0.25) is 0 Å². The first-order valence-corrected chi connectivity index (χ1v) is 6.36. The second-order valence-electron chi connectivity index (χ2n) is 5.34. The molecule has 0 aromatic rings. The summed E-state index contributed by atoms with van der Waals surface area (Å²) in [6.45, 7) is 7.76. The molecule has 0 radical (unpaired) electrons. The van der Waals surface area contributed by atoms with Crippen LogP contribution in [0.3, 0.4) is 0 Å². The van der Waals surface area contributed by atoms with E-state index < -0.39 is 6.04 Å². The van der Waals surface area contributed by atoms with Crippen molar-refractivity contribution in [1.82, 2.24) is 10.2 Å². The molecule has 0 heterocycles. The Kier molecular flexibility index (Phi) is 7.59. The van der Waals surface area contributed by atoms with Crippen LogP contribution in [0, 0.1) is 5.92 Å². The Morgan fingerprint density at radius 2 is 1.72 bits per heavy atom. The summed E-state index contributed by atoms with van der Waals surface area (Å²) in [5, 5.41) is 2.73. The fourth-order valence-corrected chi connectivity index (χ4v) is 1.48. The van der Waals surface area contributed by atoms with E-state index in [-0.39, 0.29) is 24.5 Å². The molecule has 0 aliphatic rings. The van der Waals surface area contributed by atoms with Crippen molar-refractivity contribution in [3.8, 4) is 0 Å². The van der Waals surface area contributed by atoms with Gasteiger partial charge in [0.25, 0.3) is 0 Å². The lowest BCUT2D eigenvalue weighted by molar-refractivity contribution is -0.136. The minimum Gasteiger partial charge on any atom is -0.369 e. The van der Waals surface area contributed by atoms with Gasteiger partial charge < -0.3 is 15.0 Å². The molecule has 106 valence electrons. The third kappa shape index (κ3) is 7.27. The number of amides is 2. The van der Waals surface area contributed by atoms with E-state index in [1.54, 1.807) is 14.1 Å². The fourth-order valence-electron chi connectivity index (χ4n) is 1.48. The highest BCUT2D eigenvalue weighted by atomic mass is 16.5. The van der Waals surface area contributed by atoms with Crippen molar-refractivity contribution in [2.24, 2.45) is 5.92 Å². The minimum atomic E-state index is -0.469. The summed E-state index contributed by atoms with van der Waals surface area (Å²) in [6, 6.07) is -0.469. The van der Waals surface area contributed by atoms with Crippen molar-refractivity contribution < 1.29 is 14.3 Å². The topological polar surface area (TPSA) is 58.6 Å². The van der Waals surface area contributed by atoms with E-state index in [0.717, 1.165) is 0 Å². The molecule has 0 rings (SSSR count). The number of carbonyl (C=O) groups excluding carboxylic acids is 2. The van der Waals surface area contributed by atoms with Crippen LogP contribution in [0.5, 0.6) is 0 Å². The molecule has 1 unspecified atom stereocenters. The Morgan fingerprint density at radius 3 is 2.11 bits per heavy atom. The fraction of sp³-hybridized carbons (Fsp3) is 0.846. The van der Waals surface area contributed by atoms with Crippen LogP contribution < -0.4 is 5.32 Å². The van der Waals surface area contributed by atoms with Gasteiger partial charge in [-0.15, -0.1) is 0 Å². The maximum Gasteiger partial charge on any atom is 0.246 e. The molecule has 0 aliphatic heterocycles. The minimum absolute atomic E-state index is 0.00356. The summed E-state index contributed by atoms with van der Waals surface area (Å²) >= 11 is 0. The summed E-state index contributed by atoms with van der Waals surface area (Å²) in [6.07, 6.45) is 0.633. The molecule has 0 aliphatic carbocycles. The normalized spacial score (nSPS) is 12.7. The maximum atomic E-state index is 11.9. The summed E-state index contributed by atoms with van der Waals surface area (Å²) in [5.74, 6) is 0.0105. The molecule has 5 nitrogen and oxygen atoms in total. The predicted molar refractivity (Wildman–Crippen MR) is 71.2 cm³/mol. The number of nitrogens with one attached hydrogen (secondary N) is 1. The standard InChI is InChI=1S/C13H26N2O3/c1-9(2)7-11(13(17)15(5)6)14-12(16)8-18-10(3)4/h9-11H,7-8H2,1-6H3,(H,14,16). The van der Waals surface area contributed by atoms with Crippen LogP contribution in [0.1, 0.15) is 34.1 Å². The zero-order valence-corrected chi connectivity index (χ0v) is 12.3. The first-order valence-electron chi connectivity index (χ1n) is 6.36. The SMILES string of the molecule is CC(C)CC(NC(=O)COC(C)C)C(=O)N(C)C. The molecule has 5 heteroatoms. The number of rotatable bonds is 7. The maximum absolute atomic E-state index is 11.9. The van der Waals surface area contributed by atoms with E-state index >= 15 is 0 Å². The second kappa shape index (κ2) is 8.08. The van der Waals surface area contributed by atoms with Crippen molar-refractivity contribution in [3.05, 3.63) is 0 Å². The van der Waals surface area contributed by atoms with E-state index in [9.17, 15) is 9.59 Å². The predicted octanol–water partition coefficient (Wildman–Crippen LogP) is 1.03.